The number of nitrogens with one attached hydrogen (secondary N) is 5. The van der Waals surface area contributed by atoms with Crippen LogP contribution in [0.5, 0.6) is 0 Å². The average molecular weight is 813 g/mol. The van der Waals surface area contributed by atoms with Crippen LogP contribution in [0.1, 0.15) is 71.1 Å². The van der Waals surface area contributed by atoms with Gasteiger partial charge in [-0.25, -0.2) is 19.6 Å². The lowest BCUT2D eigenvalue weighted by Crippen LogP contribution is -2.57. The minimum absolute atomic E-state index is 0.115. The number of amides is 3. The summed E-state index contributed by atoms with van der Waals surface area (Å²) in [6.07, 6.45) is 1.70. The number of hydrogen-bond acceptors (Lipinski definition) is 9. The molecule has 0 unspecified atom stereocenters. The second-order valence-corrected chi connectivity index (χ2v) is 16.7. The molecule has 4 atom stereocenters. The van der Waals surface area contributed by atoms with Crippen LogP contribution in [0.15, 0.2) is 72.8 Å². The molecule has 0 radical (unpaired) electrons. The molecule has 3 amide bonds. The molecular weight excluding hydrogens is 761 g/mol. The van der Waals surface area contributed by atoms with Crippen molar-refractivity contribution in [3.05, 3.63) is 84.4 Å². The molecule has 2 saturated heterocycles. The maximum absolute atomic E-state index is 14.2. The average Bonchev–Trinajstić information content (AvgIpc) is 4.09. The van der Waals surface area contributed by atoms with Crippen LogP contribution in [-0.4, -0.2) is 88.1 Å². The number of aromatic amines is 2. The Balaban J connectivity index is 1.05. The number of hydrogen-bond donors (Lipinski definition) is 5. The van der Waals surface area contributed by atoms with Gasteiger partial charge in [0.25, 0.3) is 0 Å². The predicted molar refractivity (Wildman–Crippen MR) is 230 cm³/mol. The van der Waals surface area contributed by atoms with E-state index in [9.17, 15) is 19.2 Å². The summed E-state index contributed by atoms with van der Waals surface area (Å²) >= 11 is 0. The first-order valence-corrected chi connectivity index (χ1v) is 20.7. The lowest BCUT2D eigenvalue weighted by atomic mass is 9.83. The summed E-state index contributed by atoms with van der Waals surface area (Å²) in [5, 5.41) is 11.1. The highest BCUT2D eigenvalue weighted by atomic mass is 16.5. The van der Waals surface area contributed by atoms with Gasteiger partial charge in [-0.3, -0.25) is 14.9 Å². The van der Waals surface area contributed by atoms with Gasteiger partial charge in [-0.05, 0) is 113 Å². The van der Waals surface area contributed by atoms with Crippen LogP contribution in [0.2, 0.25) is 0 Å². The lowest BCUT2D eigenvalue weighted by Gasteiger charge is -2.32. The van der Waals surface area contributed by atoms with Crippen LogP contribution in [0.4, 0.5) is 9.59 Å². The summed E-state index contributed by atoms with van der Waals surface area (Å²) in [6, 6.07) is 23.4. The number of rotatable bonds is 11. The first kappa shape index (κ1) is 40.5. The molecule has 14 nitrogen and oxygen atoms in total. The van der Waals surface area contributed by atoms with Crippen LogP contribution in [0.25, 0.3) is 55.1 Å². The molecule has 312 valence electrons. The Bertz CT molecular complexity index is 2610. The van der Waals surface area contributed by atoms with E-state index in [1.54, 1.807) is 0 Å². The molecule has 8 rings (SSSR count). The molecule has 0 saturated carbocycles. The summed E-state index contributed by atoms with van der Waals surface area (Å²) in [5.41, 5.74) is 6.33. The Hall–Kier alpha value is -6.28. The second-order valence-electron chi connectivity index (χ2n) is 16.7. The van der Waals surface area contributed by atoms with Gasteiger partial charge in [0.05, 0.1) is 48.4 Å². The highest BCUT2D eigenvalue weighted by Crippen LogP contribution is 2.37. The fraction of sp³-hybridized carbons (Fsp3) is 0.391. The lowest BCUT2D eigenvalue weighted by molar-refractivity contribution is -0.135. The standard InChI is InChI=1S/C46H52N8O6/c1-25(2)38(52-44(57)59-5)40(55)46(18-8-19-47-46)43-50-34-17-15-31(24-36(34)51-43)29-13-11-27-10-12-28(21-32(27)22-29)30-14-16-33-35(23-30)49-41(48-33)37-9-7-20-54(37)42(56)39(26(3)4)53-45(58)60-6/h10-17,21-26,37-39,47H,7-9,18-20H2,1-6H3,(H,48,49)(H,50,51)(H,52,57)(H,53,58)/t37-,38+,39+,46+/m0/s1. The molecule has 0 bridgehead atoms. The van der Waals surface area contributed by atoms with E-state index in [-0.39, 0.29) is 29.6 Å². The van der Waals surface area contributed by atoms with Crippen molar-refractivity contribution in [3.63, 3.8) is 0 Å². The van der Waals surface area contributed by atoms with Crippen molar-refractivity contribution in [1.29, 1.82) is 0 Å². The zero-order valence-electron chi connectivity index (χ0n) is 34.8. The number of nitrogens with zero attached hydrogens (tertiary/aromatic N) is 3. The first-order valence-electron chi connectivity index (χ1n) is 20.7. The highest BCUT2D eigenvalue weighted by molar-refractivity contribution is 5.97. The van der Waals surface area contributed by atoms with Crippen LogP contribution in [0.3, 0.4) is 0 Å². The number of Topliss-reactive ketones (excluding diaryl/α,β-unsaturated/α-hetero) is 1. The van der Waals surface area contributed by atoms with Gasteiger partial charge in [-0.15, -0.1) is 0 Å². The number of benzene rings is 4. The Labute approximate surface area is 348 Å². The number of methoxy groups -OCH3 is 2. The fourth-order valence-electron chi connectivity index (χ4n) is 8.82. The van der Waals surface area contributed by atoms with E-state index in [0.717, 1.165) is 80.2 Å². The number of ether oxygens (including phenoxy) is 2. The van der Waals surface area contributed by atoms with Crippen molar-refractivity contribution in [2.45, 2.75) is 77.0 Å². The number of carbonyl (C=O) groups is 4. The zero-order valence-corrected chi connectivity index (χ0v) is 34.8. The molecule has 2 aliphatic rings. The molecule has 4 aromatic carbocycles. The van der Waals surface area contributed by atoms with Crippen LogP contribution in [-0.2, 0) is 24.6 Å². The zero-order chi connectivity index (χ0) is 42.3. The van der Waals surface area contributed by atoms with Crippen LogP contribution >= 0.6 is 0 Å². The summed E-state index contributed by atoms with van der Waals surface area (Å²) in [5.74, 6) is 0.717. The maximum atomic E-state index is 14.2. The number of fused-ring (bicyclic) bond motifs is 3. The smallest absolute Gasteiger partial charge is 0.407 e. The van der Waals surface area contributed by atoms with E-state index in [4.69, 9.17) is 19.4 Å². The molecule has 0 spiro atoms. The van der Waals surface area contributed by atoms with Gasteiger partial charge >= 0.3 is 12.2 Å². The van der Waals surface area contributed by atoms with E-state index in [1.807, 2.05) is 50.8 Å². The van der Waals surface area contributed by atoms with Crippen molar-refractivity contribution < 1.29 is 28.7 Å². The number of ketones is 1. The van der Waals surface area contributed by atoms with Crippen molar-refractivity contribution in [3.8, 4) is 22.3 Å². The van der Waals surface area contributed by atoms with Crippen molar-refractivity contribution >= 4 is 56.7 Å². The molecular formula is C46H52N8O6. The van der Waals surface area contributed by atoms with Gasteiger partial charge in [0.2, 0.25) is 5.91 Å². The SMILES string of the molecule is COC(=O)N[C@@H](C(=O)N1CCC[C@H]1c1nc2ccc(-c3ccc4ccc(-c5ccc6nc([C@]7(C(=O)[C@H](NC(=O)OC)C(C)C)CCCN7)[nH]c6c5)cc4c3)cc2[nH]1)C(C)C. The van der Waals surface area contributed by atoms with Gasteiger partial charge in [0.15, 0.2) is 5.78 Å². The van der Waals surface area contributed by atoms with Gasteiger partial charge in [-0.1, -0.05) is 64.1 Å². The molecule has 0 aliphatic carbocycles. The van der Waals surface area contributed by atoms with Gasteiger partial charge in [0, 0.05) is 6.54 Å². The Morgan fingerprint density at radius 3 is 1.87 bits per heavy atom. The monoisotopic (exact) mass is 812 g/mol. The maximum Gasteiger partial charge on any atom is 0.407 e. The van der Waals surface area contributed by atoms with E-state index in [0.29, 0.717) is 25.3 Å². The Kier molecular flexibility index (Phi) is 11.1. The normalized spacial score (nSPS) is 19.0. The van der Waals surface area contributed by atoms with Gasteiger partial charge in [-0.2, -0.15) is 0 Å². The molecule has 14 heteroatoms. The fourth-order valence-corrected chi connectivity index (χ4v) is 8.82. The minimum Gasteiger partial charge on any atom is -0.453 e. The summed E-state index contributed by atoms with van der Waals surface area (Å²) in [4.78, 5) is 70.8. The van der Waals surface area contributed by atoms with Gasteiger partial charge in [0.1, 0.15) is 23.2 Å². The third-order valence-corrected chi connectivity index (χ3v) is 12.1. The third-order valence-electron chi connectivity index (χ3n) is 12.1. The van der Waals surface area contributed by atoms with Crippen molar-refractivity contribution in [1.82, 2.24) is 40.8 Å². The second kappa shape index (κ2) is 16.4. The summed E-state index contributed by atoms with van der Waals surface area (Å²) < 4.78 is 9.62. The number of imidazole rings is 2. The van der Waals surface area contributed by atoms with E-state index in [1.165, 1.54) is 14.2 Å². The summed E-state index contributed by atoms with van der Waals surface area (Å²) in [6.45, 7) is 8.86. The quantitative estimate of drug-likeness (QED) is 0.0885. The number of H-pyrrole nitrogens is 2. The minimum atomic E-state index is -1.06. The number of alkyl carbamates (subject to hydrolysis) is 2. The van der Waals surface area contributed by atoms with Crippen molar-refractivity contribution in [2.75, 3.05) is 27.3 Å². The largest absolute Gasteiger partial charge is 0.453 e. The topological polar surface area (TPSA) is 183 Å². The molecule has 5 N–H and O–H groups in total. The first-order chi connectivity index (χ1) is 28.9. The molecule has 2 aliphatic heterocycles. The molecule has 6 aromatic rings. The van der Waals surface area contributed by atoms with Crippen LogP contribution < -0.4 is 16.0 Å². The van der Waals surface area contributed by atoms with E-state index in [2.05, 4.69) is 80.5 Å². The van der Waals surface area contributed by atoms with E-state index >= 15 is 0 Å². The number of aromatic nitrogens is 4. The van der Waals surface area contributed by atoms with E-state index < -0.39 is 29.8 Å². The van der Waals surface area contributed by atoms with Crippen molar-refractivity contribution in [2.24, 2.45) is 11.8 Å². The predicted octanol–water partition coefficient (Wildman–Crippen LogP) is 7.50. The van der Waals surface area contributed by atoms with Crippen LogP contribution in [0, 0.1) is 11.8 Å². The third kappa shape index (κ3) is 7.55. The molecule has 2 aromatic heterocycles. The van der Waals surface area contributed by atoms with Gasteiger partial charge < -0.3 is 35.0 Å². The summed E-state index contributed by atoms with van der Waals surface area (Å²) in [7, 11) is 2.58. The number of likely N-dealkylation sites (tertiary alicyclic amines) is 1. The molecule has 60 heavy (non-hydrogen) atoms. The number of carbonyl (C=O) groups excluding carboxylic acids is 4. The molecule has 2 fully saturated rings. The molecule has 4 heterocycles. The highest BCUT2D eigenvalue weighted by Gasteiger charge is 2.49. The Morgan fingerprint density at radius 2 is 1.28 bits per heavy atom. The Morgan fingerprint density at radius 1 is 0.717 bits per heavy atom.